The summed E-state index contributed by atoms with van der Waals surface area (Å²) in [5.41, 5.74) is 0. The Labute approximate surface area is 49.2 Å². The van der Waals surface area contributed by atoms with E-state index in [1.807, 2.05) is 0 Å². The number of nitrogens with one attached hydrogen (secondary N) is 3. The molecule has 0 aliphatic carbocycles. The molecule has 0 bridgehead atoms. The maximum absolute atomic E-state index is 3.53. The van der Waals surface area contributed by atoms with Crippen molar-refractivity contribution in [1.82, 2.24) is 16.0 Å². The second-order valence-corrected chi connectivity index (χ2v) is 1.71. The topological polar surface area (TPSA) is 36.1 Å². The van der Waals surface area contributed by atoms with E-state index in [4.69, 9.17) is 0 Å². The Morgan fingerprint density at radius 2 is 2.12 bits per heavy atom. The Morgan fingerprint density at radius 1 is 1.50 bits per heavy atom. The molecule has 1 rings (SSSR count). The van der Waals surface area contributed by atoms with Gasteiger partial charge >= 0.3 is 0 Å². The molecule has 0 amide bonds. The van der Waals surface area contributed by atoms with Gasteiger partial charge in [0.05, 0.1) is 0 Å². The fourth-order valence-electron chi connectivity index (χ4n) is 0.741. The predicted octanol–water partition coefficient (Wildman–Crippen LogP) is -0.804. The lowest BCUT2D eigenvalue weighted by Crippen LogP contribution is -2.42. The van der Waals surface area contributed by atoms with E-state index in [2.05, 4.69) is 22.5 Å². The minimum absolute atomic E-state index is 0.243. The first-order valence-corrected chi connectivity index (χ1v) is 2.77. The van der Waals surface area contributed by atoms with E-state index < -0.39 is 0 Å². The van der Waals surface area contributed by atoms with Gasteiger partial charge in [-0.2, -0.15) is 0 Å². The van der Waals surface area contributed by atoms with Crippen molar-refractivity contribution in [3.05, 3.63) is 12.8 Å². The quantitative estimate of drug-likeness (QED) is 0.438. The smallest absolute Gasteiger partial charge is 0.132 e. The minimum atomic E-state index is 0.243. The second-order valence-electron chi connectivity index (χ2n) is 1.71. The predicted molar refractivity (Wildman–Crippen MR) is 33.1 cm³/mol. The SMILES string of the molecule is C=CNC1NCCN1. The average Bonchev–Trinajstić information content (AvgIpc) is 2.19. The van der Waals surface area contributed by atoms with Gasteiger partial charge in [-0.15, -0.1) is 0 Å². The highest BCUT2D eigenvalue weighted by atomic mass is 15.3. The van der Waals surface area contributed by atoms with Crippen LogP contribution in [0.25, 0.3) is 0 Å². The molecule has 1 heterocycles. The van der Waals surface area contributed by atoms with Crippen molar-refractivity contribution in [3.63, 3.8) is 0 Å². The van der Waals surface area contributed by atoms with Gasteiger partial charge in [-0.25, -0.2) is 0 Å². The maximum Gasteiger partial charge on any atom is 0.132 e. The molecule has 0 unspecified atom stereocenters. The van der Waals surface area contributed by atoms with Crippen molar-refractivity contribution in [1.29, 1.82) is 0 Å². The molecule has 0 saturated carbocycles. The molecule has 0 atom stereocenters. The summed E-state index contributed by atoms with van der Waals surface area (Å²) in [4.78, 5) is 0. The van der Waals surface area contributed by atoms with E-state index in [0.29, 0.717) is 0 Å². The highest BCUT2D eigenvalue weighted by Crippen LogP contribution is 1.77. The van der Waals surface area contributed by atoms with Gasteiger partial charge < -0.3 is 5.32 Å². The lowest BCUT2D eigenvalue weighted by atomic mass is 10.7. The highest BCUT2D eigenvalue weighted by molar-refractivity contribution is 4.75. The number of hydrogen-bond donors (Lipinski definition) is 3. The van der Waals surface area contributed by atoms with E-state index in [1.54, 1.807) is 6.20 Å². The molecule has 0 aromatic heterocycles. The monoisotopic (exact) mass is 113 g/mol. The van der Waals surface area contributed by atoms with E-state index in [1.165, 1.54) is 0 Å². The van der Waals surface area contributed by atoms with Crippen molar-refractivity contribution < 1.29 is 0 Å². The molecule has 0 spiro atoms. The molecule has 46 valence electrons. The van der Waals surface area contributed by atoms with Crippen LogP contribution in [0.2, 0.25) is 0 Å². The summed E-state index contributed by atoms with van der Waals surface area (Å²) in [6, 6.07) is 0. The molecule has 0 radical (unpaired) electrons. The summed E-state index contributed by atoms with van der Waals surface area (Å²) in [6.07, 6.45) is 1.92. The third-order valence-electron chi connectivity index (χ3n) is 1.11. The van der Waals surface area contributed by atoms with Gasteiger partial charge in [-0.1, -0.05) is 6.58 Å². The molecule has 1 saturated heterocycles. The van der Waals surface area contributed by atoms with Crippen LogP contribution in [-0.4, -0.2) is 19.4 Å². The Balaban J connectivity index is 2.14. The molecular formula is C5H11N3. The van der Waals surface area contributed by atoms with Gasteiger partial charge in [0.25, 0.3) is 0 Å². The fraction of sp³-hybridized carbons (Fsp3) is 0.600. The highest BCUT2D eigenvalue weighted by Gasteiger charge is 2.08. The van der Waals surface area contributed by atoms with Crippen LogP contribution in [0.3, 0.4) is 0 Å². The normalized spacial score (nSPS) is 21.0. The van der Waals surface area contributed by atoms with Gasteiger partial charge in [0, 0.05) is 13.1 Å². The first kappa shape index (κ1) is 5.59. The van der Waals surface area contributed by atoms with E-state index in [9.17, 15) is 0 Å². The molecule has 8 heavy (non-hydrogen) atoms. The van der Waals surface area contributed by atoms with Crippen molar-refractivity contribution in [2.24, 2.45) is 0 Å². The molecular weight excluding hydrogens is 102 g/mol. The summed E-state index contributed by atoms with van der Waals surface area (Å²) >= 11 is 0. The Kier molecular flexibility index (Phi) is 1.88. The van der Waals surface area contributed by atoms with Gasteiger partial charge in [0.15, 0.2) is 0 Å². The molecule has 1 aliphatic rings. The molecule has 0 aromatic carbocycles. The molecule has 0 aromatic rings. The van der Waals surface area contributed by atoms with Gasteiger partial charge in [0.2, 0.25) is 0 Å². The van der Waals surface area contributed by atoms with Crippen molar-refractivity contribution >= 4 is 0 Å². The van der Waals surface area contributed by atoms with Crippen LogP contribution in [0.5, 0.6) is 0 Å². The van der Waals surface area contributed by atoms with Crippen LogP contribution in [-0.2, 0) is 0 Å². The summed E-state index contributed by atoms with van der Waals surface area (Å²) in [6.45, 7) is 5.60. The van der Waals surface area contributed by atoms with Crippen molar-refractivity contribution in [2.45, 2.75) is 6.29 Å². The number of rotatable bonds is 2. The average molecular weight is 113 g/mol. The summed E-state index contributed by atoms with van der Waals surface area (Å²) in [7, 11) is 0. The Morgan fingerprint density at radius 3 is 2.62 bits per heavy atom. The standard InChI is InChI=1S/C5H11N3/c1-2-6-5-7-3-4-8-5/h2,5-8H,1,3-4H2. The molecule has 1 aliphatic heterocycles. The third-order valence-corrected chi connectivity index (χ3v) is 1.11. The molecule has 3 N–H and O–H groups in total. The van der Waals surface area contributed by atoms with Crippen LogP contribution in [0.1, 0.15) is 0 Å². The minimum Gasteiger partial charge on any atom is -0.364 e. The van der Waals surface area contributed by atoms with Crippen LogP contribution in [0, 0.1) is 0 Å². The zero-order valence-corrected chi connectivity index (χ0v) is 4.78. The first-order chi connectivity index (χ1) is 3.93. The van der Waals surface area contributed by atoms with Crippen LogP contribution >= 0.6 is 0 Å². The van der Waals surface area contributed by atoms with Crippen LogP contribution < -0.4 is 16.0 Å². The summed E-state index contributed by atoms with van der Waals surface area (Å²) in [5.74, 6) is 0. The van der Waals surface area contributed by atoms with Crippen LogP contribution in [0.15, 0.2) is 12.8 Å². The Bertz CT molecular complexity index is 75.7. The van der Waals surface area contributed by atoms with E-state index >= 15 is 0 Å². The Hall–Kier alpha value is -0.540. The molecule has 1 fully saturated rings. The number of hydrogen-bond acceptors (Lipinski definition) is 3. The third kappa shape index (κ3) is 1.21. The van der Waals surface area contributed by atoms with Gasteiger partial charge in [-0.3, -0.25) is 10.6 Å². The molecule has 3 heteroatoms. The van der Waals surface area contributed by atoms with Gasteiger partial charge in [-0.05, 0) is 6.20 Å². The lowest BCUT2D eigenvalue weighted by Gasteiger charge is -2.08. The van der Waals surface area contributed by atoms with Gasteiger partial charge in [0.1, 0.15) is 6.29 Å². The molecule has 3 nitrogen and oxygen atoms in total. The van der Waals surface area contributed by atoms with Crippen molar-refractivity contribution in [2.75, 3.05) is 13.1 Å². The second kappa shape index (κ2) is 2.69. The maximum atomic E-state index is 3.53. The zero-order valence-electron chi connectivity index (χ0n) is 4.78. The van der Waals surface area contributed by atoms with E-state index in [-0.39, 0.29) is 6.29 Å². The van der Waals surface area contributed by atoms with E-state index in [0.717, 1.165) is 13.1 Å². The first-order valence-electron chi connectivity index (χ1n) is 2.77. The van der Waals surface area contributed by atoms with Crippen molar-refractivity contribution in [3.8, 4) is 0 Å². The van der Waals surface area contributed by atoms with Crippen LogP contribution in [0.4, 0.5) is 0 Å². The summed E-state index contributed by atoms with van der Waals surface area (Å²) in [5, 5.41) is 9.31. The summed E-state index contributed by atoms with van der Waals surface area (Å²) < 4.78 is 0. The largest absolute Gasteiger partial charge is 0.364 e. The zero-order chi connectivity index (χ0) is 5.82. The fourth-order valence-corrected chi connectivity index (χ4v) is 0.741. The lowest BCUT2D eigenvalue weighted by molar-refractivity contribution is 0.505.